The number of halogens is 1. The van der Waals surface area contributed by atoms with Crippen molar-refractivity contribution < 1.29 is 4.79 Å². The Morgan fingerprint density at radius 2 is 1.90 bits per heavy atom. The Morgan fingerprint density at radius 3 is 2.60 bits per heavy atom. The zero-order valence-corrected chi connectivity index (χ0v) is 18.6. The monoisotopic (exact) mass is 435 g/mol. The SMILES string of the molecule is CCc1ccc(-n2c(C)cc(/C=C3\SC(=Nc4cccc(Cl)c4)NC3=O)c2C)cc1. The zero-order valence-electron chi connectivity index (χ0n) is 17.1. The first-order chi connectivity index (χ1) is 14.4. The summed E-state index contributed by atoms with van der Waals surface area (Å²) < 4.78 is 2.21. The molecule has 1 amide bonds. The average Bonchev–Trinajstić information content (AvgIpc) is 3.20. The van der Waals surface area contributed by atoms with E-state index < -0.39 is 0 Å². The van der Waals surface area contributed by atoms with Gasteiger partial charge in [0.2, 0.25) is 0 Å². The van der Waals surface area contributed by atoms with Gasteiger partial charge in [0, 0.05) is 22.1 Å². The van der Waals surface area contributed by atoms with E-state index in [9.17, 15) is 4.79 Å². The number of carbonyl (C=O) groups excluding carboxylic acids is 1. The van der Waals surface area contributed by atoms with Gasteiger partial charge >= 0.3 is 0 Å². The molecule has 4 rings (SSSR count). The maximum absolute atomic E-state index is 12.5. The number of aryl methyl sites for hydroxylation is 2. The first-order valence-corrected chi connectivity index (χ1v) is 11.0. The molecule has 2 aromatic carbocycles. The fourth-order valence-electron chi connectivity index (χ4n) is 3.50. The van der Waals surface area contributed by atoms with Crippen LogP contribution >= 0.6 is 23.4 Å². The fourth-order valence-corrected chi connectivity index (χ4v) is 4.51. The van der Waals surface area contributed by atoms with Crippen molar-refractivity contribution in [3.05, 3.63) is 87.0 Å². The number of amidine groups is 1. The molecule has 2 heterocycles. The molecule has 152 valence electrons. The summed E-state index contributed by atoms with van der Waals surface area (Å²) >= 11 is 7.36. The van der Waals surface area contributed by atoms with E-state index in [-0.39, 0.29) is 5.91 Å². The number of aromatic nitrogens is 1. The second-order valence-corrected chi connectivity index (χ2v) is 8.61. The molecule has 0 spiro atoms. The Labute approximate surface area is 185 Å². The van der Waals surface area contributed by atoms with Crippen molar-refractivity contribution in [2.75, 3.05) is 0 Å². The number of hydrogen-bond donors (Lipinski definition) is 1. The predicted molar refractivity (Wildman–Crippen MR) is 127 cm³/mol. The van der Waals surface area contributed by atoms with Crippen molar-refractivity contribution in [1.29, 1.82) is 0 Å². The van der Waals surface area contributed by atoms with E-state index in [1.54, 1.807) is 12.1 Å². The van der Waals surface area contributed by atoms with Crippen LogP contribution < -0.4 is 5.32 Å². The van der Waals surface area contributed by atoms with Crippen molar-refractivity contribution in [3.8, 4) is 5.69 Å². The summed E-state index contributed by atoms with van der Waals surface area (Å²) in [5.41, 5.74) is 6.39. The molecule has 3 aromatic rings. The highest BCUT2D eigenvalue weighted by Crippen LogP contribution is 2.31. The summed E-state index contributed by atoms with van der Waals surface area (Å²) in [6, 6.07) is 18.0. The minimum atomic E-state index is -0.141. The number of benzene rings is 2. The molecule has 1 aliphatic rings. The number of nitrogens with one attached hydrogen (secondary N) is 1. The zero-order chi connectivity index (χ0) is 21.3. The van der Waals surface area contributed by atoms with Crippen LogP contribution in [0.2, 0.25) is 5.02 Å². The van der Waals surface area contributed by atoms with E-state index >= 15 is 0 Å². The molecule has 30 heavy (non-hydrogen) atoms. The van der Waals surface area contributed by atoms with E-state index in [2.05, 4.69) is 66.0 Å². The molecule has 0 radical (unpaired) electrons. The lowest BCUT2D eigenvalue weighted by atomic mass is 10.1. The molecule has 1 aromatic heterocycles. The third-order valence-corrected chi connectivity index (χ3v) is 6.19. The van der Waals surface area contributed by atoms with E-state index in [1.807, 2.05) is 18.2 Å². The summed E-state index contributed by atoms with van der Waals surface area (Å²) in [7, 11) is 0. The van der Waals surface area contributed by atoms with Crippen molar-refractivity contribution in [2.24, 2.45) is 4.99 Å². The van der Waals surface area contributed by atoms with Gasteiger partial charge in [-0.2, -0.15) is 0 Å². The first-order valence-electron chi connectivity index (χ1n) is 9.78. The molecule has 0 unspecified atom stereocenters. The first kappa shape index (κ1) is 20.5. The number of nitrogens with zero attached hydrogens (tertiary/aromatic N) is 2. The van der Waals surface area contributed by atoms with Crippen LogP contribution in [-0.2, 0) is 11.2 Å². The van der Waals surface area contributed by atoms with E-state index in [4.69, 9.17) is 11.6 Å². The van der Waals surface area contributed by atoms with Crippen molar-refractivity contribution >= 4 is 46.2 Å². The van der Waals surface area contributed by atoms with Crippen LogP contribution in [0.5, 0.6) is 0 Å². The highest BCUT2D eigenvalue weighted by atomic mass is 35.5. The predicted octanol–water partition coefficient (Wildman–Crippen LogP) is 6.20. The van der Waals surface area contributed by atoms with Gasteiger partial charge in [0.05, 0.1) is 10.6 Å². The molecule has 1 aliphatic heterocycles. The Morgan fingerprint density at radius 1 is 1.13 bits per heavy atom. The molecule has 0 bridgehead atoms. The Bertz CT molecular complexity index is 1180. The molecule has 1 saturated heterocycles. The lowest BCUT2D eigenvalue weighted by Gasteiger charge is -2.10. The van der Waals surface area contributed by atoms with Crippen LogP contribution in [0.3, 0.4) is 0 Å². The van der Waals surface area contributed by atoms with Gasteiger partial charge in [-0.1, -0.05) is 36.7 Å². The standard InChI is InChI=1S/C24H22ClN3OS/c1-4-17-8-10-21(11-9-17)28-15(2)12-18(16(28)3)13-22-23(29)27-24(30-22)26-20-7-5-6-19(25)14-20/h5-14H,4H2,1-3H3,(H,26,27,29)/b22-13-. The third kappa shape index (κ3) is 4.23. The number of rotatable bonds is 4. The highest BCUT2D eigenvalue weighted by Gasteiger charge is 2.24. The Kier molecular flexibility index (Phi) is 5.84. The van der Waals surface area contributed by atoms with E-state index in [1.165, 1.54) is 17.3 Å². The van der Waals surface area contributed by atoms with Crippen molar-refractivity contribution in [2.45, 2.75) is 27.2 Å². The quantitative estimate of drug-likeness (QED) is 0.496. The molecule has 6 heteroatoms. The van der Waals surface area contributed by atoms with Gasteiger partial charge in [0.25, 0.3) is 5.91 Å². The van der Waals surface area contributed by atoms with E-state index in [0.29, 0.717) is 20.8 Å². The van der Waals surface area contributed by atoms with Gasteiger partial charge < -0.3 is 9.88 Å². The fraction of sp³-hybridized carbons (Fsp3) is 0.167. The number of amides is 1. The summed E-state index contributed by atoms with van der Waals surface area (Å²) in [6.45, 7) is 6.31. The van der Waals surface area contributed by atoms with Gasteiger partial charge in [-0.05, 0) is 85.6 Å². The average molecular weight is 436 g/mol. The lowest BCUT2D eigenvalue weighted by Crippen LogP contribution is -2.19. The summed E-state index contributed by atoms with van der Waals surface area (Å²) in [6.07, 6.45) is 2.95. The number of aliphatic imine (C=N–C) groups is 1. The molecule has 1 fully saturated rings. The van der Waals surface area contributed by atoms with Crippen LogP contribution in [0.1, 0.15) is 29.4 Å². The smallest absolute Gasteiger partial charge is 0.264 e. The summed E-state index contributed by atoms with van der Waals surface area (Å²) in [5.74, 6) is -0.141. The topological polar surface area (TPSA) is 46.4 Å². The molecule has 4 nitrogen and oxygen atoms in total. The van der Waals surface area contributed by atoms with Crippen LogP contribution in [0.25, 0.3) is 11.8 Å². The maximum atomic E-state index is 12.5. The van der Waals surface area contributed by atoms with Gasteiger partial charge in [-0.3, -0.25) is 4.79 Å². The van der Waals surface area contributed by atoms with Crippen molar-refractivity contribution in [3.63, 3.8) is 0 Å². The molecule has 0 saturated carbocycles. The van der Waals surface area contributed by atoms with Gasteiger partial charge in [0.15, 0.2) is 5.17 Å². The molecular weight excluding hydrogens is 414 g/mol. The second kappa shape index (κ2) is 8.54. The molecule has 0 aliphatic carbocycles. The molecule has 1 N–H and O–H groups in total. The number of hydrogen-bond acceptors (Lipinski definition) is 3. The van der Waals surface area contributed by atoms with Gasteiger partial charge in [0.1, 0.15) is 0 Å². The van der Waals surface area contributed by atoms with Gasteiger partial charge in [-0.15, -0.1) is 0 Å². The molecular formula is C24H22ClN3OS. The van der Waals surface area contributed by atoms with Crippen LogP contribution in [0.4, 0.5) is 5.69 Å². The minimum Gasteiger partial charge on any atom is -0.318 e. The number of carbonyl (C=O) groups is 1. The Hall–Kier alpha value is -2.76. The lowest BCUT2D eigenvalue weighted by molar-refractivity contribution is -0.115. The normalized spacial score (nSPS) is 16.5. The van der Waals surface area contributed by atoms with Crippen LogP contribution in [0.15, 0.2) is 64.5 Å². The Balaban J connectivity index is 1.62. The summed E-state index contributed by atoms with van der Waals surface area (Å²) in [4.78, 5) is 17.6. The minimum absolute atomic E-state index is 0.141. The van der Waals surface area contributed by atoms with Crippen LogP contribution in [-0.4, -0.2) is 15.6 Å². The number of thioether (sulfide) groups is 1. The molecule has 0 atom stereocenters. The summed E-state index contributed by atoms with van der Waals surface area (Å²) in [5, 5.41) is 4.00. The third-order valence-electron chi connectivity index (χ3n) is 5.05. The highest BCUT2D eigenvalue weighted by molar-refractivity contribution is 8.18. The van der Waals surface area contributed by atoms with Crippen LogP contribution in [0, 0.1) is 13.8 Å². The van der Waals surface area contributed by atoms with Gasteiger partial charge in [-0.25, -0.2) is 4.99 Å². The van der Waals surface area contributed by atoms with E-state index in [0.717, 1.165) is 29.1 Å². The van der Waals surface area contributed by atoms with Crippen molar-refractivity contribution in [1.82, 2.24) is 9.88 Å². The maximum Gasteiger partial charge on any atom is 0.264 e. The second-order valence-electron chi connectivity index (χ2n) is 7.14. The largest absolute Gasteiger partial charge is 0.318 e.